The summed E-state index contributed by atoms with van der Waals surface area (Å²) in [6.45, 7) is 0.384. The zero-order chi connectivity index (χ0) is 20.8. The van der Waals surface area contributed by atoms with Crippen molar-refractivity contribution in [1.82, 2.24) is 30.6 Å². The van der Waals surface area contributed by atoms with Gasteiger partial charge in [0.05, 0.1) is 14.7 Å². The molecule has 1 aromatic carbocycles. The number of rotatable bonds is 8. The summed E-state index contributed by atoms with van der Waals surface area (Å²) in [5, 5.41) is 23.8. The number of nitrogens with one attached hydrogen (secondary N) is 2. The molecule has 0 fully saturated rings. The van der Waals surface area contributed by atoms with Gasteiger partial charge in [0.2, 0.25) is 0 Å². The van der Waals surface area contributed by atoms with Gasteiger partial charge < -0.3 is 15.2 Å². The van der Waals surface area contributed by atoms with E-state index in [-0.39, 0.29) is 36.8 Å². The largest absolute Gasteiger partial charge is 0.350 e. The van der Waals surface area contributed by atoms with Crippen LogP contribution in [0, 0.1) is 13.7 Å². The molecule has 2 heterocycles. The second kappa shape index (κ2) is 9.22. The van der Waals surface area contributed by atoms with Gasteiger partial charge in [0.25, 0.3) is 11.6 Å². The van der Waals surface area contributed by atoms with Crippen LogP contribution in [-0.2, 0) is 6.54 Å². The summed E-state index contributed by atoms with van der Waals surface area (Å²) in [5.74, 6) is -1.13. The molecule has 0 radical (unpaired) electrons. The quantitative estimate of drug-likeness (QED) is 0.196. The van der Waals surface area contributed by atoms with Crippen LogP contribution in [-0.4, -0.2) is 49.7 Å². The Kier molecular flexibility index (Phi) is 6.48. The van der Waals surface area contributed by atoms with Crippen molar-refractivity contribution in [3.8, 4) is 0 Å². The van der Waals surface area contributed by atoms with Gasteiger partial charge in [-0.1, -0.05) is 17.3 Å². The number of amides is 2. The van der Waals surface area contributed by atoms with Gasteiger partial charge >= 0.3 is 11.8 Å². The van der Waals surface area contributed by atoms with Crippen LogP contribution < -0.4 is 10.6 Å². The Morgan fingerprint density at radius 2 is 1.93 bits per heavy atom. The Morgan fingerprint density at radius 3 is 2.62 bits per heavy atom. The van der Waals surface area contributed by atoms with E-state index in [0.717, 1.165) is 3.57 Å². The number of aromatic nitrogens is 4. The number of hydrogen-bond acceptors (Lipinski definition) is 8. The lowest BCUT2D eigenvalue weighted by atomic mass is 10.1. The lowest BCUT2D eigenvalue weighted by Crippen LogP contribution is -2.35. The fourth-order valence-electron chi connectivity index (χ4n) is 2.33. The van der Waals surface area contributed by atoms with E-state index in [1.54, 1.807) is 17.1 Å². The van der Waals surface area contributed by atoms with Crippen molar-refractivity contribution in [2.75, 3.05) is 13.1 Å². The molecule has 0 aliphatic carbocycles. The normalized spacial score (nSPS) is 10.5. The van der Waals surface area contributed by atoms with Crippen LogP contribution >= 0.6 is 22.6 Å². The fraction of sp³-hybridized carbons (Fsp3) is 0.188. The maximum absolute atomic E-state index is 12.1. The standard InChI is InChI=1S/C16H14IN7O5/c17-10-7-20-23(8-10)9-13-21-16(29-22-13)15(26)19-6-5-18-14(25)11-3-1-2-4-12(11)24(27)28/h1-4,7-8H,5-6,9H2,(H,18,25)(H,19,26). The van der Waals surface area contributed by atoms with Crippen molar-refractivity contribution in [3.05, 3.63) is 67.6 Å². The lowest BCUT2D eigenvalue weighted by Gasteiger charge is -2.06. The molecular formula is C16H14IN7O5. The predicted octanol–water partition coefficient (Wildman–Crippen LogP) is 0.987. The molecule has 0 saturated carbocycles. The van der Waals surface area contributed by atoms with Crippen molar-refractivity contribution in [2.24, 2.45) is 0 Å². The van der Waals surface area contributed by atoms with E-state index in [0.29, 0.717) is 5.82 Å². The van der Waals surface area contributed by atoms with Crippen LogP contribution in [0.1, 0.15) is 26.9 Å². The molecule has 150 valence electrons. The number of carbonyl (C=O) groups excluding carboxylic acids is 2. The van der Waals surface area contributed by atoms with E-state index in [2.05, 4.69) is 48.5 Å². The van der Waals surface area contributed by atoms with Crippen LogP contribution in [0.4, 0.5) is 5.69 Å². The fourth-order valence-corrected chi connectivity index (χ4v) is 2.77. The number of hydrogen-bond donors (Lipinski definition) is 2. The first kappa shape index (κ1) is 20.4. The number of carbonyl (C=O) groups is 2. The molecule has 0 aliphatic rings. The molecule has 0 atom stereocenters. The number of nitrogens with zero attached hydrogens (tertiary/aromatic N) is 5. The third-order valence-electron chi connectivity index (χ3n) is 3.61. The molecular weight excluding hydrogens is 497 g/mol. The number of nitro groups is 1. The van der Waals surface area contributed by atoms with Gasteiger partial charge in [-0.3, -0.25) is 24.4 Å². The summed E-state index contributed by atoms with van der Waals surface area (Å²) in [5.41, 5.74) is -0.349. The highest BCUT2D eigenvalue weighted by Crippen LogP contribution is 2.17. The van der Waals surface area contributed by atoms with Gasteiger partial charge in [0.1, 0.15) is 12.1 Å². The van der Waals surface area contributed by atoms with Gasteiger partial charge in [-0.05, 0) is 28.7 Å². The minimum atomic E-state index is -0.631. The monoisotopic (exact) mass is 511 g/mol. The maximum Gasteiger partial charge on any atom is 0.316 e. The molecule has 3 rings (SSSR count). The smallest absolute Gasteiger partial charge is 0.316 e. The zero-order valence-electron chi connectivity index (χ0n) is 14.7. The minimum Gasteiger partial charge on any atom is -0.350 e. The van der Waals surface area contributed by atoms with Crippen LogP contribution in [0.15, 0.2) is 41.2 Å². The van der Waals surface area contributed by atoms with Crippen molar-refractivity contribution in [2.45, 2.75) is 6.54 Å². The average molecular weight is 511 g/mol. The Bertz CT molecular complexity index is 1050. The van der Waals surface area contributed by atoms with Gasteiger partial charge in [-0.25, -0.2) is 0 Å². The highest BCUT2D eigenvalue weighted by molar-refractivity contribution is 14.1. The molecule has 12 nitrogen and oxygen atoms in total. The van der Waals surface area contributed by atoms with E-state index in [9.17, 15) is 19.7 Å². The van der Waals surface area contributed by atoms with Gasteiger partial charge in [0.15, 0.2) is 5.82 Å². The Labute approximate surface area is 177 Å². The van der Waals surface area contributed by atoms with Crippen molar-refractivity contribution in [3.63, 3.8) is 0 Å². The molecule has 2 amide bonds. The Morgan fingerprint density at radius 1 is 1.21 bits per heavy atom. The summed E-state index contributed by atoms with van der Waals surface area (Å²) in [4.78, 5) is 38.4. The second-order valence-corrected chi connectivity index (χ2v) is 6.90. The first-order valence-electron chi connectivity index (χ1n) is 8.24. The summed E-state index contributed by atoms with van der Waals surface area (Å²) in [7, 11) is 0. The van der Waals surface area contributed by atoms with E-state index in [1.807, 2.05) is 0 Å². The lowest BCUT2D eigenvalue weighted by molar-refractivity contribution is -0.385. The number of nitro benzene ring substituents is 1. The van der Waals surface area contributed by atoms with Crippen LogP contribution in [0.3, 0.4) is 0 Å². The van der Waals surface area contributed by atoms with Crippen LogP contribution in [0.2, 0.25) is 0 Å². The molecule has 13 heteroatoms. The third-order valence-corrected chi connectivity index (χ3v) is 4.17. The molecule has 0 saturated heterocycles. The Hall–Kier alpha value is -3.36. The van der Waals surface area contributed by atoms with Gasteiger partial charge in [-0.2, -0.15) is 10.1 Å². The SMILES string of the molecule is O=C(NCCNC(=O)c1ccccc1[N+](=O)[O-])c1nc(Cn2cc(I)cn2)no1. The van der Waals surface area contributed by atoms with Crippen molar-refractivity contribution in [1.29, 1.82) is 0 Å². The zero-order valence-corrected chi connectivity index (χ0v) is 16.9. The highest BCUT2D eigenvalue weighted by Gasteiger charge is 2.19. The summed E-state index contributed by atoms with van der Waals surface area (Å²) >= 11 is 2.12. The van der Waals surface area contributed by atoms with E-state index in [1.165, 1.54) is 24.3 Å². The van der Waals surface area contributed by atoms with Crippen LogP contribution in [0.5, 0.6) is 0 Å². The van der Waals surface area contributed by atoms with Gasteiger partial charge in [0, 0.05) is 25.4 Å². The molecule has 3 aromatic rings. The first-order valence-corrected chi connectivity index (χ1v) is 9.32. The molecule has 2 aromatic heterocycles. The Balaban J connectivity index is 1.47. The predicted molar refractivity (Wildman–Crippen MR) is 106 cm³/mol. The van der Waals surface area contributed by atoms with Crippen molar-refractivity contribution < 1.29 is 19.0 Å². The molecule has 2 N–H and O–H groups in total. The van der Waals surface area contributed by atoms with E-state index in [4.69, 9.17) is 4.52 Å². The highest BCUT2D eigenvalue weighted by atomic mass is 127. The maximum atomic E-state index is 12.1. The van der Waals surface area contributed by atoms with E-state index < -0.39 is 16.7 Å². The molecule has 0 bridgehead atoms. The van der Waals surface area contributed by atoms with Gasteiger partial charge in [-0.15, -0.1) is 0 Å². The topological polar surface area (TPSA) is 158 Å². The average Bonchev–Trinajstić information content (AvgIpc) is 3.34. The molecule has 29 heavy (non-hydrogen) atoms. The first-order chi connectivity index (χ1) is 13.9. The minimum absolute atomic E-state index is 0.0568. The summed E-state index contributed by atoms with van der Waals surface area (Å²) < 4.78 is 7.47. The number of benzene rings is 1. The molecule has 0 unspecified atom stereocenters. The molecule has 0 aliphatic heterocycles. The summed E-state index contributed by atoms with van der Waals surface area (Å²) in [6, 6.07) is 5.60. The van der Waals surface area contributed by atoms with Crippen molar-refractivity contribution >= 4 is 40.1 Å². The van der Waals surface area contributed by atoms with E-state index >= 15 is 0 Å². The molecule has 0 spiro atoms. The van der Waals surface area contributed by atoms with Crippen LogP contribution in [0.25, 0.3) is 0 Å². The summed E-state index contributed by atoms with van der Waals surface area (Å²) in [6.07, 6.45) is 3.46. The number of halogens is 1. The number of para-hydroxylation sites is 1. The third kappa shape index (κ3) is 5.34. The second-order valence-electron chi connectivity index (χ2n) is 5.66.